The molecule has 0 aromatic carbocycles. The van der Waals surface area contributed by atoms with Gasteiger partial charge in [-0.1, -0.05) is 32.6 Å². The van der Waals surface area contributed by atoms with Crippen molar-refractivity contribution in [1.29, 1.82) is 0 Å². The molecule has 0 saturated heterocycles. The van der Waals surface area contributed by atoms with Gasteiger partial charge in [0.15, 0.2) is 0 Å². The topological polar surface area (TPSA) is 0 Å². The first kappa shape index (κ1) is 9.38. The number of rotatable bonds is 6. The minimum absolute atomic E-state index is 0.506. The van der Waals surface area contributed by atoms with Crippen LogP contribution >= 0.6 is 11.6 Å². The summed E-state index contributed by atoms with van der Waals surface area (Å²) in [5, 5.41) is 0.506. The summed E-state index contributed by atoms with van der Waals surface area (Å²) < 4.78 is 0. The van der Waals surface area contributed by atoms with E-state index in [2.05, 4.69) is 6.92 Å². The summed E-state index contributed by atoms with van der Waals surface area (Å²) in [7, 11) is 0. The Bertz CT molecular complexity index is 97.0. The van der Waals surface area contributed by atoms with Crippen LogP contribution in [0, 0.1) is 5.92 Å². The third kappa shape index (κ3) is 4.00. The Morgan fingerprint density at radius 2 is 2.00 bits per heavy atom. The molecule has 1 aliphatic rings. The van der Waals surface area contributed by atoms with Crippen LogP contribution in [0.1, 0.15) is 51.9 Å². The average molecular weight is 175 g/mol. The van der Waals surface area contributed by atoms with Crippen LogP contribution in [0.3, 0.4) is 0 Å². The molecule has 1 heteroatoms. The van der Waals surface area contributed by atoms with Gasteiger partial charge in [0.1, 0.15) is 0 Å². The van der Waals surface area contributed by atoms with E-state index >= 15 is 0 Å². The fraction of sp³-hybridized carbons (Fsp3) is 1.00. The number of halogens is 1. The Kier molecular flexibility index (Phi) is 4.29. The summed E-state index contributed by atoms with van der Waals surface area (Å²) in [6, 6.07) is 0. The summed E-state index contributed by atoms with van der Waals surface area (Å²) in [6.07, 6.45) is 9.48. The van der Waals surface area contributed by atoms with Crippen LogP contribution in [-0.4, -0.2) is 5.38 Å². The number of alkyl halides is 1. The molecule has 0 spiro atoms. The van der Waals surface area contributed by atoms with Crippen molar-refractivity contribution in [2.24, 2.45) is 5.92 Å². The quantitative estimate of drug-likeness (QED) is 0.422. The minimum atomic E-state index is 0.506. The van der Waals surface area contributed by atoms with Crippen molar-refractivity contribution in [3.8, 4) is 0 Å². The first-order valence-corrected chi connectivity index (χ1v) is 5.42. The Hall–Kier alpha value is 0.290. The lowest BCUT2D eigenvalue weighted by Crippen LogP contribution is -2.00. The highest BCUT2D eigenvalue weighted by molar-refractivity contribution is 6.20. The largest absolute Gasteiger partial charge is 0.123 e. The molecule has 11 heavy (non-hydrogen) atoms. The zero-order chi connectivity index (χ0) is 8.10. The van der Waals surface area contributed by atoms with Gasteiger partial charge in [-0.2, -0.15) is 0 Å². The van der Waals surface area contributed by atoms with E-state index in [1.54, 1.807) is 0 Å². The number of hydrogen-bond donors (Lipinski definition) is 0. The van der Waals surface area contributed by atoms with E-state index in [4.69, 9.17) is 11.6 Å². The maximum atomic E-state index is 6.16. The molecule has 1 unspecified atom stereocenters. The molecule has 0 amide bonds. The first-order valence-electron chi connectivity index (χ1n) is 4.98. The first-order chi connectivity index (χ1) is 5.34. The van der Waals surface area contributed by atoms with Crippen molar-refractivity contribution in [2.75, 3.05) is 0 Å². The van der Waals surface area contributed by atoms with Crippen LogP contribution in [0.25, 0.3) is 0 Å². The summed E-state index contributed by atoms with van der Waals surface area (Å²) >= 11 is 6.16. The lowest BCUT2D eigenvalue weighted by molar-refractivity contribution is 0.586. The van der Waals surface area contributed by atoms with Crippen molar-refractivity contribution in [3.05, 3.63) is 0 Å². The fourth-order valence-corrected chi connectivity index (χ4v) is 1.87. The van der Waals surface area contributed by atoms with Crippen LogP contribution in [0.2, 0.25) is 0 Å². The van der Waals surface area contributed by atoms with Gasteiger partial charge in [0.05, 0.1) is 0 Å². The predicted molar refractivity (Wildman–Crippen MR) is 51.1 cm³/mol. The molecule has 0 aromatic heterocycles. The highest BCUT2D eigenvalue weighted by Gasteiger charge is 2.28. The number of hydrogen-bond acceptors (Lipinski definition) is 0. The Balaban J connectivity index is 1.85. The summed E-state index contributed by atoms with van der Waals surface area (Å²) in [6.45, 7) is 2.25. The SMILES string of the molecule is CCCCCCC(Cl)C1CC1. The molecule has 1 aliphatic carbocycles. The molecule has 0 bridgehead atoms. The van der Waals surface area contributed by atoms with E-state index in [-0.39, 0.29) is 0 Å². The van der Waals surface area contributed by atoms with Crippen molar-refractivity contribution in [2.45, 2.75) is 57.2 Å². The summed E-state index contributed by atoms with van der Waals surface area (Å²) in [5.74, 6) is 0.887. The molecule has 1 rings (SSSR count). The fourth-order valence-electron chi connectivity index (χ4n) is 1.46. The molecule has 0 aromatic rings. The van der Waals surface area contributed by atoms with Crippen LogP contribution in [0.4, 0.5) is 0 Å². The molecule has 0 heterocycles. The van der Waals surface area contributed by atoms with Crippen molar-refractivity contribution in [3.63, 3.8) is 0 Å². The van der Waals surface area contributed by atoms with Crippen LogP contribution in [0.5, 0.6) is 0 Å². The van der Waals surface area contributed by atoms with E-state index in [0.717, 1.165) is 5.92 Å². The van der Waals surface area contributed by atoms with E-state index < -0.39 is 0 Å². The molecule has 1 atom stereocenters. The van der Waals surface area contributed by atoms with Gasteiger partial charge in [-0.25, -0.2) is 0 Å². The van der Waals surface area contributed by atoms with Gasteiger partial charge in [-0.3, -0.25) is 0 Å². The van der Waals surface area contributed by atoms with E-state index in [1.807, 2.05) is 0 Å². The van der Waals surface area contributed by atoms with Crippen LogP contribution < -0.4 is 0 Å². The maximum Gasteiger partial charge on any atom is 0.0364 e. The normalized spacial score (nSPS) is 20.2. The van der Waals surface area contributed by atoms with Crippen LogP contribution in [-0.2, 0) is 0 Å². The van der Waals surface area contributed by atoms with Gasteiger partial charge in [-0.05, 0) is 25.2 Å². The van der Waals surface area contributed by atoms with Crippen molar-refractivity contribution >= 4 is 11.6 Å². The second-order valence-corrected chi connectivity index (χ2v) is 4.26. The zero-order valence-electron chi connectivity index (χ0n) is 7.48. The third-order valence-electron chi connectivity index (χ3n) is 2.47. The van der Waals surface area contributed by atoms with Gasteiger partial charge in [0.2, 0.25) is 0 Å². The standard InChI is InChI=1S/C10H19Cl/c1-2-3-4-5-6-10(11)9-7-8-9/h9-10H,2-8H2,1H3. The average Bonchev–Trinajstić information content (AvgIpc) is 2.79. The predicted octanol–water partition coefficient (Wildman–Crippen LogP) is 3.97. The molecular formula is C10H19Cl. The van der Waals surface area contributed by atoms with E-state index in [0.29, 0.717) is 5.38 Å². The molecule has 0 nitrogen and oxygen atoms in total. The molecule has 1 saturated carbocycles. The number of unbranched alkanes of at least 4 members (excludes halogenated alkanes) is 3. The van der Waals surface area contributed by atoms with Gasteiger partial charge in [-0.15, -0.1) is 11.6 Å². The molecule has 0 N–H and O–H groups in total. The molecule has 0 aliphatic heterocycles. The van der Waals surface area contributed by atoms with Crippen molar-refractivity contribution < 1.29 is 0 Å². The van der Waals surface area contributed by atoms with Gasteiger partial charge in [0.25, 0.3) is 0 Å². The van der Waals surface area contributed by atoms with Crippen LogP contribution in [0.15, 0.2) is 0 Å². The van der Waals surface area contributed by atoms with Gasteiger partial charge >= 0.3 is 0 Å². The lowest BCUT2D eigenvalue weighted by atomic mass is 10.1. The Morgan fingerprint density at radius 1 is 1.27 bits per heavy atom. The molecule has 1 fully saturated rings. The zero-order valence-corrected chi connectivity index (χ0v) is 8.24. The highest BCUT2D eigenvalue weighted by Crippen LogP contribution is 2.37. The second kappa shape index (κ2) is 5.03. The van der Waals surface area contributed by atoms with E-state index in [1.165, 1.54) is 44.9 Å². The van der Waals surface area contributed by atoms with Gasteiger partial charge in [0, 0.05) is 5.38 Å². The lowest BCUT2D eigenvalue weighted by Gasteiger charge is -2.05. The van der Waals surface area contributed by atoms with Gasteiger partial charge < -0.3 is 0 Å². The molecule has 66 valence electrons. The summed E-state index contributed by atoms with van der Waals surface area (Å²) in [4.78, 5) is 0. The van der Waals surface area contributed by atoms with E-state index in [9.17, 15) is 0 Å². The molecule has 0 radical (unpaired) electrons. The second-order valence-electron chi connectivity index (χ2n) is 3.70. The Morgan fingerprint density at radius 3 is 2.55 bits per heavy atom. The third-order valence-corrected chi connectivity index (χ3v) is 3.04. The molecular weight excluding hydrogens is 156 g/mol. The summed E-state index contributed by atoms with van der Waals surface area (Å²) in [5.41, 5.74) is 0. The smallest absolute Gasteiger partial charge is 0.0364 e. The highest BCUT2D eigenvalue weighted by atomic mass is 35.5. The minimum Gasteiger partial charge on any atom is -0.123 e. The monoisotopic (exact) mass is 174 g/mol. The van der Waals surface area contributed by atoms with Crippen molar-refractivity contribution in [1.82, 2.24) is 0 Å². The maximum absolute atomic E-state index is 6.16. The Labute approximate surface area is 75.3 Å².